The lowest BCUT2D eigenvalue weighted by atomic mass is 10.3. The van der Waals surface area contributed by atoms with Gasteiger partial charge in [0.25, 0.3) is 0 Å². The van der Waals surface area contributed by atoms with Crippen molar-refractivity contribution in [3.63, 3.8) is 0 Å². The molecule has 156 valence electrons. The lowest BCUT2D eigenvalue weighted by Gasteiger charge is -2.35. The number of halogens is 6. The minimum absolute atomic E-state index is 1.05. The molecule has 0 radical (unpaired) electrons. The van der Waals surface area contributed by atoms with Gasteiger partial charge >= 0.3 is 0 Å². The second-order valence-corrected chi connectivity index (χ2v) is 16.4. The van der Waals surface area contributed by atoms with Crippen LogP contribution in [0.1, 0.15) is 0 Å². The quantitative estimate of drug-likeness (QED) is 0.147. The van der Waals surface area contributed by atoms with Crippen LogP contribution in [-0.4, -0.2) is 8.07 Å². The minimum Gasteiger partial charge on any atom is -0.0623 e. The lowest BCUT2D eigenvalue weighted by Crippen LogP contribution is -2.74. The second-order valence-electron chi connectivity index (χ2n) is 7.09. The highest BCUT2D eigenvalue weighted by Crippen LogP contribution is 2.24. The predicted molar refractivity (Wildman–Crippen MR) is 156 cm³/mol. The molecule has 4 rings (SSSR count). The van der Waals surface area contributed by atoms with Crippen molar-refractivity contribution in [2.24, 2.45) is 0 Å². The van der Waals surface area contributed by atoms with Crippen molar-refractivity contribution in [3.8, 4) is 0 Å². The largest absolute Gasteiger partial charge is 0.179 e. The zero-order valence-corrected chi connectivity index (χ0v) is 26.4. The Morgan fingerprint density at radius 3 is 0.935 bits per heavy atom. The summed E-state index contributed by atoms with van der Waals surface area (Å²) in [7, 11) is -2.67. The summed E-state index contributed by atoms with van der Waals surface area (Å²) in [4.78, 5) is 0. The van der Waals surface area contributed by atoms with E-state index in [1.54, 1.807) is 0 Å². The van der Waals surface area contributed by atoms with Crippen LogP contribution in [0.2, 0.25) is 0 Å². The monoisotopic (exact) mass is 804 g/mol. The Morgan fingerprint density at radius 1 is 0.355 bits per heavy atom. The number of hydrogen-bond acceptors (Lipinski definition) is 0. The van der Waals surface area contributed by atoms with Crippen molar-refractivity contribution in [2.75, 3.05) is 0 Å². The SMILES string of the molecule is Brc1cc(Br)cc([Si](c2ccccc2)(c2cc(Br)cc(Br)c2)c2cc(Br)cc(Br)c2)c1. The van der Waals surface area contributed by atoms with E-state index in [0.717, 1.165) is 26.8 Å². The first-order chi connectivity index (χ1) is 14.8. The maximum atomic E-state index is 3.74. The second kappa shape index (κ2) is 10.1. The Balaban J connectivity index is 2.24. The molecule has 7 heteroatoms. The van der Waals surface area contributed by atoms with E-state index >= 15 is 0 Å². The molecule has 31 heavy (non-hydrogen) atoms. The zero-order valence-electron chi connectivity index (χ0n) is 15.9. The summed E-state index contributed by atoms with van der Waals surface area (Å²) in [5, 5.41) is 5.18. The third-order valence-corrected chi connectivity index (χ3v) is 12.5. The summed E-state index contributed by atoms with van der Waals surface area (Å²) in [5.74, 6) is 0. The molecule has 4 aromatic carbocycles. The molecule has 0 aliphatic heterocycles. The molecule has 0 aliphatic rings. The van der Waals surface area contributed by atoms with E-state index in [0.29, 0.717) is 0 Å². The molecule has 0 spiro atoms. The van der Waals surface area contributed by atoms with Crippen LogP contribution in [0.15, 0.2) is 112 Å². The molecule has 0 bridgehead atoms. The standard InChI is InChI=1S/C24H14Br6Si/c25-15-6-16(26)10-22(9-15)31(21-4-2-1-3-5-21,23-11-17(27)7-18(28)12-23)24-13-19(29)8-20(30)14-24/h1-14H. The van der Waals surface area contributed by atoms with E-state index in [9.17, 15) is 0 Å². The highest BCUT2D eigenvalue weighted by atomic mass is 79.9. The van der Waals surface area contributed by atoms with Gasteiger partial charge in [-0.15, -0.1) is 0 Å². The van der Waals surface area contributed by atoms with Gasteiger partial charge in [-0.05, 0) is 75.3 Å². The Labute approximate surface area is 233 Å². The van der Waals surface area contributed by atoms with Crippen molar-refractivity contribution in [2.45, 2.75) is 0 Å². The highest BCUT2D eigenvalue weighted by Gasteiger charge is 2.42. The smallest absolute Gasteiger partial charge is 0.0623 e. The average Bonchev–Trinajstić information content (AvgIpc) is 2.67. The molecular formula is C24H14Br6Si. The van der Waals surface area contributed by atoms with Crippen LogP contribution in [-0.2, 0) is 0 Å². The predicted octanol–water partition coefficient (Wildman–Crippen LogP) is 7.64. The molecule has 0 heterocycles. The van der Waals surface area contributed by atoms with E-state index in [2.05, 4.69) is 181 Å². The number of benzene rings is 4. The molecule has 4 aromatic rings. The van der Waals surface area contributed by atoms with Crippen LogP contribution in [0, 0.1) is 0 Å². The first kappa shape index (κ1) is 24.1. The van der Waals surface area contributed by atoms with Crippen LogP contribution in [0.3, 0.4) is 0 Å². The number of hydrogen-bond donors (Lipinski definition) is 0. The summed E-state index contributed by atoms with van der Waals surface area (Å²) < 4.78 is 6.29. The summed E-state index contributed by atoms with van der Waals surface area (Å²) >= 11 is 22.4. The molecule has 0 nitrogen and oxygen atoms in total. The molecule has 0 unspecified atom stereocenters. The Morgan fingerprint density at radius 2 is 0.645 bits per heavy atom. The van der Waals surface area contributed by atoms with Gasteiger partial charge in [0.05, 0.1) is 0 Å². The highest BCUT2D eigenvalue weighted by molar-refractivity contribution is 9.11. The molecule has 0 atom stereocenters. The average molecular weight is 810 g/mol. The zero-order chi connectivity index (χ0) is 22.2. The molecular weight excluding hydrogens is 796 g/mol. The van der Waals surface area contributed by atoms with E-state index in [-0.39, 0.29) is 0 Å². The van der Waals surface area contributed by atoms with E-state index in [1.165, 1.54) is 20.7 Å². The maximum absolute atomic E-state index is 3.74. The molecule has 0 aromatic heterocycles. The van der Waals surface area contributed by atoms with Crippen LogP contribution in [0.4, 0.5) is 0 Å². The van der Waals surface area contributed by atoms with Gasteiger partial charge in [0.15, 0.2) is 8.07 Å². The molecule has 0 saturated heterocycles. The van der Waals surface area contributed by atoms with E-state index in [1.807, 2.05) is 0 Å². The van der Waals surface area contributed by atoms with Crippen molar-refractivity contribution in [1.29, 1.82) is 0 Å². The van der Waals surface area contributed by atoms with Crippen molar-refractivity contribution in [1.82, 2.24) is 0 Å². The van der Waals surface area contributed by atoms with Gasteiger partial charge in [-0.3, -0.25) is 0 Å². The van der Waals surface area contributed by atoms with Crippen LogP contribution in [0.25, 0.3) is 0 Å². The van der Waals surface area contributed by atoms with Gasteiger partial charge in [-0.2, -0.15) is 0 Å². The van der Waals surface area contributed by atoms with E-state index < -0.39 is 8.07 Å². The Kier molecular flexibility index (Phi) is 7.84. The molecule has 0 fully saturated rings. The summed E-state index contributed by atoms with van der Waals surface area (Å²) in [6.07, 6.45) is 0. The summed E-state index contributed by atoms with van der Waals surface area (Å²) in [6, 6.07) is 30.6. The molecule has 0 aliphatic carbocycles. The van der Waals surface area contributed by atoms with Crippen LogP contribution in [0.5, 0.6) is 0 Å². The van der Waals surface area contributed by atoms with Crippen molar-refractivity contribution in [3.05, 3.63) is 112 Å². The van der Waals surface area contributed by atoms with Crippen molar-refractivity contribution < 1.29 is 0 Å². The van der Waals surface area contributed by atoms with Gasteiger partial charge in [-0.1, -0.05) is 126 Å². The van der Waals surface area contributed by atoms with E-state index in [4.69, 9.17) is 0 Å². The van der Waals surface area contributed by atoms with Crippen molar-refractivity contribution >= 4 is 124 Å². The molecule has 0 N–H and O–H groups in total. The molecule has 0 amide bonds. The topological polar surface area (TPSA) is 0 Å². The summed E-state index contributed by atoms with van der Waals surface area (Å²) in [5.41, 5.74) is 0. The third-order valence-electron chi connectivity index (χ3n) is 5.09. The van der Waals surface area contributed by atoms with Gasteiger partial charge in [0, 0.05) is 26.8 Å². The third kappa shape index (κ3) is 5.08. The fraction of sp³-hybridized carbons (Fsp3) is 0. The maximum Gasteiger partial charge on any atom is 0.179 e. The first-order valence-corrected chi connectivity index (χ1v) is 16.0. The summed E-state index contributed by atoms with van der Waals surface area (Å²) in [6.45, 7) is 0. The fourth-order valence-corrected chi connectivity index (χ4v) is 14.1. The van der Waals surface area contributed by atoms with Gasteiger partial charge in [0.1, 0.15) is 0 Å². The van der Waals surface area contributed by atoms with Crippen LogP contribution < -0.4 is 20.7 Å². The van der Waals surface area contributed by atoms with Crippen LogP contribution >= 0.6 is 95.6 Å². The fourth-order valence-electron chi connectivity index (χ4n) is 4.00. The van der Waals surface area contributed by atoms with Gasteiger partial charge < -0.3 is 0 Å². The van der Waals surface area contributed by atoms with Gasteiger partial charge in [0.2, 0.25) is 0 Å². The molecule has 0 saturated carbocycles. The number of rotatable bonds is 4. The minimum atomic E-state index is -2.67. The Bertz CT molecular complexity index is 1070. The lowest BCUT2D eigenvalue weighted by molar-refractivity contribution is 1.58. The first-order valence-electron chi connectivity index (χ1n) is 9.24. The normalized spacial score (nSPS) is 11.5. The van der Waals surface area contributed by atoms with Gasteiger partial charge in [-0.25, -0.2) is 0 Å². The Hall–Kier alpha value is -0.0231.